The van der Waals surface area contributed by atoms with Crippen molar-refractivity contribution in [3.63, 3.8) is 0 Å². The highest BCUT2D eigenvalue weighted by Crippen LogP contribution is 2.35. The molecule has 0 unspecified atom stereocenters. The van der Waals surface area contributed by atoms with Crippen molar-refractivity contribution in [2.75, 3.05) is 34.5 Å². The number of hydrogen-bond acceptors (Lipinski definition) is 7. The van der Waals surface area contributed by atoms with Crippen molar-refractivity contribution >= 4 is 38.9 Å². The molecule has 0 spiro atoms. The maximum Gasteiger partial charge on any atom is 0.284 e. The normalized spacial score (nSPS) is 16.7. The second-order valence-electron chi connectivity index (χ2n) is 6.69. The van der Waals surface area contributed by atoms with Crippen molar-refractivity contribution in [1.82, 2.24) is 4.90 Å². The lowest BCUT2D eigenvalue weighted by Crippen LogP contribution is -2.31. The third-order valence-corrected chi connectivity index (χ3v) is 6.97. The Balaban J connectivity index is 1.97. The van der Waals surface area contributed by atoms with Crippen LogP contribution in [0, 0.1) is 0 Å². The zero-order chi connectivity index (χ0) is 23.1. The van der Waals surface area contributed by atoms with Crippen LogP contribution in [0.15, 0.2) is 62.7 Å². The molecule has 0 aromatic heterocycles. The summed E-state index contributed by atoms with van der Waals surface area (Å²) in [6.07, 6.45) is 2.22. The molecule has 8 nitrogen and oxygen atoms in total. The highest BCUT2D eigenvalue weighted by Gasteiger charge is 2.34. The maximum atomic E-state index is 13.1. The second kappa shape index (κ2) is 10.7. The van der Waals surface area contributed by atoms with Gasteiger partial charge in [-0.1, -0.05) is 24.3 Å². The largest absolute Gasteiger partial charge is 0.493 e. The fourth-order valence-electron chi connectivity index (χ4n) is 2.98. The van der Waals surface area contributed by atoms with Crippen LogP contribution in [-0.2, 0) is 19.6 Å². The minimum absolute atomic E-state index is 0.0645. The Morgan fingerprint density at radius 2 is 1.75 bits per heavy atom. The van der Waals surface area contributed by atoms with Crippen LogP contribution in [0.4, 0.5) is 0 Å². The highest BCUT2D eigenvalue weighted by atomic mass is 32.2. The first-order chi connectivity index (χ1) is 15.4. The molecule has 1 fully saturated rings. The quantitative estimate of drug-likeness (QED) is 0.404. The SMILES string of the molecule is COCCCN1C(=O)C(=Cc2ccc(OC)c(OC)c2)SC1=NS(=O)(=O)c1ccccc1. The lowest BCUT2D eigenvalue weighted by Gasteiger charge is -2.15. The molecule has 0 saturated carbocycles. The molecule has 2 aromatic carbocycles. The number of amidine groups is 1. The van der Waals surface area contributed by atoms with E-state index in [9.17, 15) is 13.2 Å². The van der Waals surface area contributed by atoms with Crippen molar-refractivity contribution in [3.05, 3.63) is 59.0 Å². The lowest BCUT2D eigenvalue weighted by atomic mass is 10.2. The second-order valence-corrected chi connectivity index (χ2v) is 9.30. The van der Waals surface area contributed by atoms with E-state index in [0.717, 1.165) is 11.8 Å². The topological polar surface area (TPSA) is 94.5 Å². The monoisotopic (exact) mass is 476 g/mol. The fourth-order valence-corrected chi connectivity index (χ4v) is 5.21. The number of carbonyl (C=O) groups excluding carboxylic acids is 1. The van der Waals surface area contributed by atoms with Gasteiger partial charge in [-0.3, -0.25) is 9.69 Å². The van der Waals surface area contributed by atoms with Crippen LogP contribution in [-0.4, -0.2) is 58.9 Å². The number of ether oxygens (including phenoxy) is 3. The van der Waals surface area contributed by atoms with E-state index in [0.29, 0.717) is 35.0 Å². The van der Waals surface area contributed by atoms with Gasteiger partial charge in [0.1, 0.15) is 0 Å². The average molecular weight is 477 g/mol. The molecular weight excluding hydrogens is 452 g/mol. The average Bonchev–Trinajstić information content (AvgIpc) is 3.08. The van der Waals surface area contributed by atoms with E-state index in [2.05, 4.69) is 4.40 Å². The van der Waals surface area contributed by atoms with Crippen molar-refractivity contribution in [2.24, 2.45) is 4.40 Å². The summed E-state index contributed by atoms with van der Waals surface area (Å²) in [5.74, 6) is 0.773. The number of benzene rings is 2. The number of sulfonamides is 1. The zero-order valence-corrected chi connectivity index (χ0v) is 19.6. The molecule has 3 rings (SSSR count). The number of nitrogens with zero attached hydrogens (tertiary/aromatic N) is 2. The van der Waals surface area contributed by atoms with E-state index in [1.54, 1.807) is 56.7 Å². The summed E-state index contributed by atoms with van der Waals surface area (Å²) in [4.78, 5) is 14.9. The maximum absolute atomic E-state index is 13.1. The Labute approximate surface area is 191 Å². The summed E-state index contributed by atoms with van der Waals surface area (Å²) < 4.78 is 45.2. The van der Waals surface area contributed by atoms with E-state index >= 15 is 0 Å². The van der Waals surface area contributed by atoms with E-state index in [1.165, 1.54) is 24.1 Å². The number of thioether (sulfide) groups is 1. The first kappa shape index (κ1) is 23.8. The fraction of sp³-hybridized carbons (Fsp3) is 0.273. The van der Waals surface area contributed by atoms with Crippen molar-refractivity contribution < 1.29 is 27.4 Å². The number of carbonyl (C=O) groups is 1. The Kier molecular flexibility index (Phi) is 7.94. The van der Waals surface area contributed by atoms with Crippen molar-refractivity contribution in [1.29, 1.82) is 0 Å². The first-order valence-electron chi connectivity index (χ1n) is 9.72. The standard InChI is InChI=1S/C22H24N2O6S2/c1-28-13-7-12-24-21(25)20(15-16-10-11-18(29-2)19(14-16)30-3)31-22(24)23-32(26,27)17-8-5-4-6-9-17/h4-6,8-11,14-15H,7,12-13H2,1-3H3. The van der Waals surface area contributed by atoms with Gasteiger partial charge in [-0.25, -0.2) is 0 Å². The van der Waals surface area contributed by atoms with Crippen LogP contribution in [0.2, 0.25) is 0 Å². The molecule has 2 aromatic rings. The van der Waals surface area contributed by atoms with Crippen molar-refractivity contribution in [3.8, 4) is 11.5 Å². The summed E-state index contributed by atoms with van der Waals surface area (Å²) in [5, 5.41) is 0.113. The lowest BCUT2D eigenvalue weighted by molar-refractivity contribution is -0.122. The van der Waals surface area contributed by atoms with Gasteiger partial charge in [-0.2, -0.15) is 8.42 Å². The Bertz CT molecular complexity index is 1130. The molecule has 1 heterocycles. The van der Waals surface area contributed by atoms with Gasteiger partial charge in [-0.15, -0.1) is 4.40 Å². The van der Waals surface area contributed by atoms with Gasteiger partial charge in [0.05, 0.1) is 24.0 Å². The van der Waals surface area contributed by atoms with E-state index in [4.69, 9.17) is 14.2 Å². The van der Waals surface area contributed by atoms with Crippen LogP contribution >= 0.6 is 11.8 Å². The van der Waals surface area contributed by atoms with E-state index in [-0.39, 0.29) is 22.5 Å². The van der Waals surface area contributed by atoms with Gasteiger partial charge in [0.25, 0.3) is 15.9 Å². The molecule has 1 aliphatic rings. The summed E-state index contributed by atoms with van der Waals surface area (Å²) in [6, 6.07) is 13.2. The van der Waals surface area contributed by atoms with Gasteiger partial charge in [0.15, 0.2) is 16.7 Å². The molecule has 0 atom stereocenters. The molecule has 10 heteroatoms. The van der Waals surface area contributed by atoms with Crippen LogP contribution in [0.3, 0.4) is 0 Å². The molecule has 0 radical (unpaired) electrons. The van der Waals surface area contributed by atoms with Crippen LogP contribution in [0.25, 0.3) is 6.08 Å². The predicted molar refractivity (Wildman–Crippen MR) is 124 cm³/mol. The van der Waals surface area contributed by atoms with Crippen LogP contribution < -0.4 is 9.47 Å². The number of hydrogen-bond donors (Lipinski definition) is 0. The minimum Gasteiger partial charge on any atom is -0.493 e. The summed E-state index contributed by atoms with van der Waals surface area (Å²) >= 11 is 1.02. The third-order valence-electron chi connectivity index (χ3n) is 4.56. The van der Waals surface area contributed by atoms with Crippen LogP contribution in [0.5, 0.6) is 11.5 Å². The molecular formula is C22H24N2O6S2. The Morgan fingerprint density at radius 1 is 1.03 bits per heavy atom. The summed E-state index contributed by atoms with van der Waals surface area (Å²) in [5.41, 5.74) is 0.711. The van der Waals surface area contributed by atoms with Gasteiger partial charge in [-0.05, 0) is 54.1 Å². The molecule has 0 bridgehead atoms. The minimum atomic E-state index is -3.97. The molecule has 170 valence electrons. The third kappa shape index (κ3) is 5.50. The van der Waals surface area contributed by atoms with Gasteiger partial charge in [0, 0.05) is 20.3 Å². The molecule has 32 heavy (non-hydrogen) atoms. The van der Waals surface area contributed by atoms with Gasteiger partial charge < -0.3 is 14.2 Å². The summed E-state index contributed by atoms with van der Waals surface area (Å²) in [7, 11) is 0.669. The smallest absolute Gasteiger partial charge is 0.284 e. The zero-order valence-electron chi connectivity index (χ0n) is 18.0. The number of rotatable bonds is 9. The van der Waals surface area contributed by atoms with E-state index < -0.39 is 10.0 Å². The van der Waals surface area contributed by atoms with E-state index in [1.807, 2.05) is 0 Å². The molecule has 0 aliphatic carbocycles. The molecule has 1 aliphatic heterocycles. The predicted octanol–water partition coefficient (Wildman–Crippen LogP) is 3.40. The number of methoxy groups -OCH3 is 3. The first-order valence-corrected chi connectivity index (χ1v) is 12.0. The highest BCUT2D eigenvalue weighted by molar-refractivity contribution is 8.19. The Hall–Kier alpha value is -2.82. The van der Waals surface area contributed by atoms with Gasteiger partial charge >= 0.3 is 0 Å². The van der Waals surface area contributed by atoms with Gasteiger partial charge in [0.2, 0.25) is 0 Å². The molecule has 1 saturated heterocycles. The Morgan fingerprint density at radius 3 is 2.41 bits per heavy atom. The molecule has 0 N–H and O–H groups in total. The summed E-state index contributed by atoms with van der Waals surface area (Å²) in [6.45, 7) is 0.716. The molecule has 1 amide bonds. The van der Waals surface area contributed by atoms with Crippen molar-refractivity contribution in [2.45, 2.75) is 11.3 Å². The number of amides is 1. The van der Waals surface area contributed by atoms with Crippen LogP contribution in [0.1, 0.15) is 12.0 Å².